The van der Waals surface area contributed by atoms with Gasteiger partial charge in [0, 0.05) is 18.1 Å². The summed E-state index contributed by atoms with van der Waals surface area (Å²) in [7, 11) is 1.89. The summed E-state index contributed by atoms with van der Waals surface area (Å²) in [4.78, 5) is 25.6. The summed E-state index contributed by atoms with van der Waals surface area (Å²) in [6, 6.07) is 7.33. The SMILES string of the molecule is Cc1csc(CN(C)c2nc3ccccc3c(=O)[nH]2)n1. The van der Waals surface area contributed by atoms with Crippen molar-refractivity contribution >= 4 is 28.2 Å². The molecule has 0 unspecified atom stereocenters. The van der Waals surface area contributed by atoms with Crippen molar-refractivity contribution in [1.29, 1.82) is 0 Å². The molecule has 20 heavy (non-hydrogen) atoms. The maximum atomic E-state index is 12.0. The number of rotatable bonds is 3. The zero-order chi connectivity index (χ0) is 14.1. The lowest BCUT2D eigenvalue weighted by Crippen LogP contribution is -2.22. The molecule has 0 spiro atoms. The van der Waals surface area contributed by atoms with Crippen LogP contribution in [0.2, 0.25) is 0 Å². The van der Waals surface area contributed by atoms with Crippen LogP contribution in [0.15, 0.2) is 34.4 Å². The molecule has 0 aliphatic rings. The van der Waals surface area contributed by atoms with Crippen LogP contribution in [0, 0.1) is 6.92 Å². The minimum atomic E-state index is -0.118. The number of aryl methyl sites for hydroxylation is 1. The van der Waals surface area contributed by atoms with Crippen LogP contribution in [0.3, 0.4) is 0 Å². The Hall–Kier alpha value is -2.21. The number of hydrogen-bond donors (Lipinski definition) is 1. The zero-order valence-corrected chi connectivity index (χ0v) is 12.1. The minimum Gasteiger partial charge on any atom is -0.339 e. The van der Waals surface area contributed by atoms with E-state index in [4.69, 9.17) is 0 Å². The monoisotopic (exact) mass is 286 g/mol. The molecule has 0 radical (unpaired) electrons. The van der Waals surface area contributed by atoms with Gasteiger partial charge in [0.2, 0.25) is 5.95 Å². The third kappa shape index (κ3) is 2.42. The Bertz CT molecular complexity index is 808. The van der Waals surface area contributed by atoms with Gasteiger partial charge in [-0.1, -0.05) is 12.1 Å². The van der Waals surface area contributed by atoms with Gasteiger partial charge in [0.25, 0.3) is 5.56 Å². The van der Waals surface area contributed by atoms with Crippen molar-refractivity contribution in [2.24, 2.45) is 0 Å². The van der Waals surface area contributed by atoms with E-state index in [1.54, 1.807) is 17.4 Å². The van der Waals surface area contributed by atoms with E-state index < -0.39 is 0 Å². The molecule has 0 saturated carbocycles. The topological polar surface area (TPSA) is 61.9 Å². The highest BCUT2D eigenvalue weighted by Crippen LogP contribution is 2.15. The molecule has 0 aliphatic carbocycles. The fraction of sp³-hybridized carbons (Fsp3) is 0.214. The Kier molecular flexibility index (Phi) is 3.23. The number of para-hydroxylation sites is 1. The second-order valence-corrected chi connectivity index (χ2v) is 5.59. The summed E-state index contributed by atoms with van der Waals surface area (Å²) in [6.07, 6.45) is 0. The van der Waals surface area contributed by atoms with E-state index in [1.807, 2.05) is 42.5 Å². The van der Waals surface area contributed by atoms with Crippen molar-refractivity contribution in [2.75, 3.05) is 11.9 Å². The lowest BCUT2D eigenvalue weighted by molar-refractivity contribution is 0.857. The van der Waals surface area contributed by atoms with Gasteiger partial charge in [-0.3, -0.25) is 9.78 Å². The summed E-state index contributed by atoms with van der Waals surface area (Å²) in [5.74, 6) is 0.557. The van der Waals surface area contributed by atoms with E-state index in [2.05, 4.69) is 15.0 Å². The number of thiazole rings is 1. The predicted molar refractivity (Wildman–Crippen MR) is 81.3 cm³/mol. The van der Waals surface area contributed by atoms with Crippen molar-refractivity contribution in [1.82, 2.24) is 15.0 Å². The highest BCUT2D eigenvalue weighted by molar-refractivity contribution is 7.09. The molecule has 2 aromatic heterocycles. The van der Waals surface area contributed by atoms with Crippen molar-refractivity contribution in [3.05, 3.63) is 50.7 Å². The standard InChI is InChI=1S/C14H14N4OS/c1-9-8-20-12(15-9)7-18(2)14-16-11-6-4-3-5-10(11)13(19)17-14/h3-6,8H,7H2,1-2H3,(H,16,17,19). The van der Waals surface area contributed by atoms with E-state index in [1.165, 1.54) is 0 Å². The van der Waals surface area contributed by atoms with Crippen molar-refractivity contribution in [2.45, 2.75) is 13.5 Å². The lowest BCUT2D eigenvalue weighted by atomic mass is 10.2. The lowest BCUT2D eigenvalue weighted by Gasteiger charge is -2.16. The number of hydrogen-bond acceptors (Lipinski definition) is 5. The van der Waals surface area contributed by atoms with Gasteiger partial charge in [0.05, 0.1) is 17.4 Å². The van der Waals surface area contributed by atoms with Crippen LogP contribution in [0.5, 0.6) is 0 Å². The van der Waals surface area contributed by atoms with Crippen LogP contribution in [0.1, 0.15) is 10.7 Å². The second-order valence-electron chi connectivity index (χ2n) is 4.65. The quantitative estimate of drug-likeness (QED) is 0.802. The largest absolute Gasteiger partial charge is 0.339 e. The molecule has 0 atom stereocenters. The van der Waals surface area contributed by atoms with Crippen LogP contribution in [0.25, 0.3) is 10.9 Å². The Morgan fingerprint density at radius 1 is 1.30 bits per heavy atom. The molecule has 3 aromatic rings. The minimum absolute atomic E-state index is 0.118. The Balaban J connectivity index is 1.95. The fourth-order valence-electron chi connectivity index (χ4n) is 2.01. The maximum absolute atomic E-state index is 12.0. The first-order valence-corrected chi connectivity index (χ1v) is 7.12. The fourth-order valence-corrected chi connectivity index (χ4v) is 2.83. The van der Waals surface area contributed by atoms with Gasteiger partial charge in [0.1, 0.15) is 5.01 Å². The smallest absolute Gasteiger partial charge is 0.260 e. The first-order chi connectivity index (χ1) is 9.63. The van der Waals surface area contributed by atoms with E-state index in [9.17, 15) is 4.79 Å². The molecule has 2 heterocycles. The van der Waals surface area contributed by atoms with E-state index in [-0.39, 0.29) is 5.56 Å². The number of aromatic amines is 1. The number of nitrogens with zero attached hydrogens (tertiary/aromatic N) is 3. The van der Waals surface area contributed by atoms with Crippen molar-refractivity contribution < 1.29 is 0 Å². The molecular weight excluding hydrogens is 272 g/mol. The Morgan fingerprint density at radius 2 is 2.10 bits per heavy atom. The van der Waals surface area contributed by atoms with Crippen LogP contribution in [0.4, 0.5) is 5.95 Å². The normalized spacial score (nSPS) is 10.9. The molecule has 0 bridgehead atoms. The van der Waals surface area contributed by atoms with E-state index >= 15 is 0 Å². The third-order valence-corrected chi connectivity index (χ3v) is 3.95. The highest BCUT2D eigenvalue weighted by atomic mass is 32.1. The summed E-state index contributed by atoms with van der Waals surface area (Å²) in [6.45, 7) is 2.59. The van der Waals surface area contributed by atoms with Gasteiger partial charge < -0.3 is 4.90 Å². The number of nitrogens with one attached hydrogen (secondary N) is 1. The van der Waals surface area contributed by atoms with Crippen LogP contribution < -0.4 is 10.5 Å². The van der Waals surface area contributed by atoms with E-state index in [0.29, 0.717) is 23.4 Å². The number of anilines is 1. The third-order valence-electron chi connectivity index (χ3n) is 3.00. The molecule has 5 nitrogen and oxygen atoms in total. The van der Waals surface area contributed by atoms with Gasteiger partial charge in [-0.2, -0.15) is 0 Å². The zero-order valence-electron chi connectivity index (χ0n) is 11.3. The molecule has 0 saturated heterocycles. The van der Waals surface area contributed by atoms with Crippen LogP contribution in [-0.2, 0) is 6.54 Å². The van der Waals surface area contributed by atoms with E-state index in [0.717, 1.165) is 10.7 Å². The highest BCUT2D eigenvalue weighted by Gasteiger charge is 2.09. The van der Waals surface area contributed by atoms with Crippen LogP contribution >= 0.6 is 11.3 Å². The molecule has 1 aromatic carbocycles. The first kappa shape index (κ1) is 12.8. The molecule has 3 rings (SSSR count). The van der Waals surface area contributed by atoms with Gasteiger partial charge >= 0.3 is 0 Å². The summed E-state index contributed by atoms with van der Waals surface area (Å²) in [5, 5.41) is 3.62. The average Bonchev–Trinajstić information content (AvgIpc) is 2.84. The Labute approximate surface area is 119 Å². The van der Waals surface area contributed by atoms with Crippen LogP contribution in [-0.4, -0.2) is 22.0 Å². The molecule has 0 fully saturated rings. The molecular formula is C14H14N4OS. The molecule has 1 N–H and O–H groups in total. The number of aromatic nitrogens is 3. The summed E-state index contributed by atoms with van der Waals surface area (Å²) >= 11 is 1.61. The van der Waals surface area contributed by atoms with Crippen molar-refractivity contribution in [3.63, 3.8) is 0 Å². The Morgan fingerprint density at radius 3 is 2.85 bits per heavy atom. The predicted octanol–water partition coefficient (Wildman–Crippen LogP) is 2.32. The molecule has 0 amide bonds. The van der Waals surface area contributed by atoms with Gasteiger partial charge in [-0.05, 0) is 19.1 Å². The molecule has 0 aliphatic heterocycles. The van der Waals surface area contributed by atoms with Gasteiger partial charge in [-0.15, -0.1) is 11.3 Å². The maximum Gasteiger partial charge on any atom is 0.260 e. The van der Waals surface area contributed by atoms with Crippen molar-refractivity contribution in [3.8, 4) is 0 Å². The van der Waals surface area contributed by atoms with Gasteiger partial charge in [-0.25, -0.2) is 9.97 Å². The molecule has 6 heteroatoms. The number of benzene rings is 1. The first-order valence-electron chi connectivity index (χ1n) is 6.25. The second kappa shape index (κ2) is 5.05. The van der Waals surface area contributed by atoms with Gasteiger partial charge in [0.15, 0.2) is 0 Å². The summed E-state index contributed by atoms with van der Waals surface area (Å²) < 4.78 is 0. The molecule has 102 valence electrons. The number of fused-ring (bicyclic) bond motifs is 1. The average molecular weight is 286 g/mol. The number of H-pyrrole nitrogens is 1. The summed E-state index contributed by atoms with van der Waals surface area (Å²) in [5.41, 5.74) is 1.60.